The quantitative estimate of drug-likeness (QED) is 0.135. The van der Waals surface area contributed by atoms with Crippen molar-refractivity contribution < 1.29 is 45.5 Å². The van der Waals surface area contributed by atoms with E-state index >= 15 is 0 Å². The number of rotatable bonds is 10. The highest BCUT2D eigenvalue weighted by atomic mass is 32.2. The molecular weight excluding hydrogens is 831 g/mol. The van der Waals surface area contributed by atoms with Crippen LogP contribution >= 0.6 is 0 Å². The molecule has 2 aliphatic heterocycles. The molecule has 2 aromatic heterocycles. The summed E-state index contributed by atoms with van der Waals surface area (Å²) in [5.74, 6) is -2.15. The molecule has 5 aromatic rings. The van der Waals surface area contributed by atoms with Crippen molar-refractivity contribution in [1.29, 1.82) is 0 Å². The van der Waals surface area contributed by atoms with E-state index in [0.29, 0.717) is 59.9 Å². The Balaban J connectivity index is 1.07. The second-order valence-corrected chi connectivity index (χ2v) is 19.8. The molecule has 15 heteroatoms. The Labute approximate surface area is 364 Å². The summed E-state index contributed by atoms with van der Waals surface area (Å²) in [6, 6.07) is 16.3. The van der Waals surface area contributed by atoms with Gasteiger partial charge in [-0.2, -0.15) is 4.98 Å². The molecule has 4 aliphatic rings. The minimum absolute atomic E-state index is 0.00926. The summed E-state index contributed by atoms with van der Waals surface area (Å²) in [5.41, 5.74) is 0.946. The van der Waals surface area contributed by atoms with Gasteiger partial charge in [-0.05, 0) is 125 Å². The van der Waals surface area contributed by atoms with Gasteiger partial charge in [0.25, 0.3) is 5.88 Å². The molecule has 63 heavy (non-hydrogen) atoms. The molecule has 1 N–H and O–H groups in total. The van der Waals surface area contributed by atoms with Gasteiger partial charge >= 0.3 is 0 Å². The van der Waals surface area contributed by atoms with Crippen LogP contribution < -0.4 is 14.2 Å². The third kappa shape index (κ3) is 9.07. The van der Waals surface area contributed by atoms with Gasteiger partial charge in [-0.15, -0.1) is 0 Å². The van der Waals surface area contributed by atoms with Crippen molar-refractivity contribution in [2.45, 2.75) is 108 Å². The van der Waals surface area contributed by atoms with Crippen molar-refractivity contribution in [3.8, 4) is 23.0 Å². The lowest BCUT2D eigenvalue weighted by Crippen LogP contribution is -2.46. The van der Waals surface area contributed by atoms with Crippen LogP contribution in [0.1, 0.15) is 83.6 Å². The van der Waals surface area contributed by atoms with Crippen LogP contribution in [0.25, 0.3) is 33.5 Å². The van der Waals surface area contributed by atoms with E-state index in [1.54, 1.807) is 41.3 Å². The smallest absolute Gasteiger partial charge is 0.262 e. The molecule has 3 fully saturated rings. The number of hydrogen-bond acceptors (Lipinski definition) is 10. The Morgan fingerprint density at radius 2 is 1.73 bits per heavy atom. The Bertz CT molecular complexity index is 2700. The number of amides is 2. The van der Waals surface area contributed by atoms with Crippen molar-refractivity contribution in [2.24, 2.45) is 17.3 Å². The Hall–Kier alpha value is -5.70. The number of ketones is 1. The van der Waals surface area contributed by atoms with Crippen LogP contribution in [0.3, 0.4) is 0 Å². The van der Waals surface area contributed by atoms with E-state index in [1.807, 2.05) is 26.0 Å². The number of nitrogens with one attached hydrogen (secondary N) is 1. The summed E-state index contributed by atoms with van der Waals surface area (Å²) >= 11 is 0. The van der Waals surface area contributed by atoms with Gasteiger partial charge in [-0.3, -0.25) is 19.1 Å². The lowest BCUT2D eigenvalue weighted by Gasteiger charge is -2.29. The van der Waals surface area contributed by atoms with E-state index in [9.17, 15) is 31.6 Å². The normalized spacial score (nSPS) is 25.0. The molecule has 2 saturated carbocycles. The highest BCUT2D eigenvalue weighted by Crippen LogP contribution is 2.57. The summed E-state index contributed by atoms with van der Waals surface area (Å²) in [4.78, 5) is 54.8. The summed E-state index contributed by atoms with van der Waals surface area (Å²) in [5, 5.41) is -0.216. The molecule has 0 bridgehead atoms. The monoisotopic (exact) mass is 880 g/mol. The number of hydrogen-bond donors (Lipinski definition) is 1. The summed E-state index contributed by atoms with van der Waals surface area (Å²) in [6.07, 6.45) is 8.14. The Morgan fingerprint density at radius 1 is 0.968 bits per heavy atom. The van der Waals surface area contributed by atoms with Crippen LogP contribution in [0, 0.1) is 28.9 Å². The predicted molar refractivity (Wildman–Crippen MR) is 231 cm³/mol. The second kappa shape index (κ2) is 17.1. The van der Waals surface area contributed by atoms with Gasteiger partial charge in [-0.1, -0.05) is 37.1 Å². The number of Topliss-reactive ketones (excluding diaryl/α,β-unsaturated/α-hetero) is 1. The average molecular weight is 881 g/mol. The molecule has 5 atom stereocenters. The number of sulfonamides is 1. The number of furan rings is 1. The molecule has 0 spiro atoms. The zero-order chi connectivity index (χ0) is 44.0. The minimum atomic E-state index is -3.89. The Kier molecular flexibility index (Phi) is 11.6. The molecule has 2 aliphatic carbocycles. The number of carbonyl (C=O) groups excluding carboxylic acids is 3. The SMILES string of the molecule is CC(C)Oc1ccc(-c2nc(O[C@@H]3C[C@H]4C(=O)C[C@]5(C(=O)NS(=O)(=O)C6CC6)C[C@H]5/C=C\CCCCC[C@H](Cc5ccc(F)cc5)C(=O)N4C3)c3oc4ccc(F)cc4c3n2)cc1. The molecule has 9 rings (SSSR count). The van der Waals surface area contributed by atoms with Crippen molar-refractivity contribution in [3.63, 3.8) is 0 Å². The third-order valence-corrected chi connectivity index (χ3v) is 14.6. The molecule has 12 nitrogen and oxygen atoms in total. The van der Waals surface area contributed by atoms with Crippen LogP contribution in [0.15, 0.2) is 83.3 Å². The fraction of sp³-hybridized carbons (Fsp3) is 0.438. The zero-order valence-electron chi connectivity index (χ0n) is 35.2. The second-order valence-electron chi connectivity index (χ2n) is 17.8. The van der Waals surface area contributed by atoms with Crippen LogP contribution in [0.2, 0.25) is 0 Å². The molecule has 4 heterocycles. The number of ether oxygens (including phenoxy) is 2. The van der Waals surface area contributed by atoms with Crippen molar-refractivity contribution in [2.75, 3.05) is 6.54 Å². The maximum atomic E-state index is 14.9. The third-order valence-electron chi connectivity index (χ3n) is 12.7. The predicted octanol–water partition coefficient (Wildman–Crippen LogP) is 8.41. The van der Waals surface area contributed by atoms with Gasteiger partial charge in [0.15, 0.2) is 11.6 Å². The van der Waals surface area contributed by atoms with Gasteiger partial charge in [0.05, 0.1) is 29.4 Å². The van der Waals surface area contributed by atoms with Crippen LogP contribution in [-0.4, -0.2) is 70.9 Å². The van der Waals surface area contributed by atoms with E-state index in [0.717, 1.165) is 31.2 Å². The molecule has 0 radical (unpaired) electrons. The molecule has 3 aromatic carbocycles. The first-order chi connectivity index (χ1) is 30.3. The first kappa shape index (κ1) is 42.6. The van der Waals surface area contributed by atoms with Gasteiger partial charge in [0, 0.05) is 29.7 Å². The van der Waals surface area contributed by atoms with Crippen LogP contribution in [-0.2, 0) is 30.8 Å². The van der Waals surface area contributed by atoms with Gasteiger partial charge in [0.2, 0.25) is 27.4 Å². The van der Waals surface area contributed by atoms with Gasteiger partial charge < -0.3 is 18.8 Å². The van der Waals surface area contributed by atoms with Crippen LogP contribution in [0.5, 0.6) is 11.6 Å². The fourth-order valence-corrected chi connectivity index (χ4v) is 10.5. The van der Waals surface area contributed by atoms with E-state index in [4.69, 9.17) is 23.9 Å². The number of halogens is 2. The molecule has 330 valence electrons. The summed E-state index contributed by atoms with van der Waals surface area (Å²) in [7, 11) is -3.89. The molecule has 2 amide bonds. The minimum Gasteiger partial charge on any atom is -0.491 e. The van der Waals surface area contributed by atoms with E-state index in [-0.39, 0.29) is 66.2 Å². The maximum absolute atomic E-state index is 14.9. The zero-order valence-corrected chi connectivity index (χ0v) is 36.0. The molecule has 1 saturated heterocycles. The highest BCUT2D eigenvalue weighted by molar-refractivity contribution is 7.90. The van der Waals surface area contributed by atoms with Crippen molar-refractivity contribution in [3.05, 3.63) is 96.1 Å². The lowest BCUT2D eigenvalue weighted by atomic mass is 9.90. The topological polar surface area (TPSA) is 158 Å². The fourth-order valence-electron chi connectivity index (χ4n) is 9.14. The number of fused-ring (bicyclic) bond motifs is 5. The molecular formula is C48H50F2N4O8S. The van der Waals surface area contributed by atoms with Gasteiger partial charge in [0.1, 0.15) is 34.6 Å². The number of benzene rings is 3. The summed E-state index contributed by atoms with van der Waals surface area (Å²) in [6.45, 7) is 3.85. The standard InChI is InChI=1S/C48H50F2N4O8S/c1-28(2)60-35-17-12-30(13-18-35)44-51-42-38-23-34(50)16-21-41(38)62-43(42)45(52-44)61-36-24-39-40(55)26-48(47(57)53-63(58,59)37-19-20-37)25-32(48)9-7-5-3-4-6-8-31(46(56)54(39)27-36)22-29-10-14-33(49)15-11-29/h7,9-18,21,23,28,31-32,36-37,39H,3-6,8,19-20,22,24-27H2,1-2H3,(H,53,57)/b9-7-/t31-,32-,36-,39+,48-/m1/s1. The summed E-state index contributed by atoms with van der Waals surface area (Å²) < 4.78 is 75.7. The average Bonchev–Trinajstić information content (AvgIpc) is 4.15. The first-order valence-electron chi connectivity index (χ1n) is 21.9. The number of carbonyl (C=O) groups is 3. The lowest BCUT2D eigenvalue weighted by molar-refractivity contribution is -0.142. The maximum Gasteiger partial charge on any atom is 0.262 e. The van der Waals surface area contributed by atoms with E-state index in [2.05, 4.69) is 4.72 Å². The van der Waals surface area contributed by atoms with Crippen LogP contribution in [0.4, 0.5) is 8.78 Å². The largest absolute Gasteiger partial charge is 0.491 e. The number of nitrogens with zero attached hydrogens (tertiary/aromatic N) is 3. The van der Waals surface area contributed by atoms with Gasteiger partial charge in [-0.25, -0.2) is 22.2 Å². The van der Waals surface area contributed by atoms with Crippen molar-refractivity contribution in [1.82, 2.24) is 19.6 Å². The highest BCUT2D eigenvalue weighted by Gasteiger charge is 2.61. The first-order valence-corrected chi connectivity index (χ1v) is 23.4. The van der Waals surface area contributed by atoms with E-state index in [1.165, 1.54) is 30.3 Å². The Morgan fingerprint density at radius 3 is 2.48 bits per heavy atom. The van der Waals surface area contributed by atoms with Crippen molar-refractivity contribution >= 4 is 49.7 Å². The van der Waals surface area contributed by atoms with E-state index < -0.39 is 50.5 Å². The number of allylic oxidation sites excluding steroid dienone is 2. The number of aromatic nitrogens is 2. The molecule has 0 unspecified atom stereocenters.